The van der Waals surface area contributed by atoms with Crippen LogP contribution in [0.5, 0.6) is 5.75 Å². The van der Waals surface area contributed by atoms with E-state index >= 15 is 0 Å². The molecule has 8 rings (SSSR count). The summed E-state index contributed by atoms with van der Waals surface area (Å²) in [5, 5.41) is 44.4. The van der Waals surface area contributed by atoms with Crippen molar-refractivity contribution in [3.8, 4) is 17.1 Å². The maximum absolute atomic E-state index is 13.8. The number of carbonyl (C=O) groups excluding carboxylic acids is 9. The van der Waals surface area contributed by atoms with E-state index in [2.05, 4.69) is 33.2 Å². The van der Waals surface area contributed by atoms with Crippen molar-refractivity contribution < 1.29 is 72.7 Å². The SMILES string of the molecule is C=C(N)NCCCC(NC(=O)C(CO)NC(=O)C(C)CCC(N)=O)C(=O)NC(CSC1CC(=O)N(CC2CCC(C(=O)NCC3CCC(C(=O)Oc4ccc5nc6c(c(CC)c5c4)Cn4c-6cc5c(c4=O)COC(=O)[C@]5(O)CC)CC3)CC2)C1=O)C(=O)O. The number of nitrogens with two attached hydrogens (primary N) is 2. The van der Waals surface area contributed by atoms with E-state index in [1.807, 2.05) is 6.92 Å². The van der Waals surface area contributed by atoms with Crippen LogP contribution in [0.4, 0.5) is 0 Å². The Morgan fingerprint density at radius 3 is 2.19 bits per heavy atom. The maximum Gasteiger partial charge on any atom is 0.343 e. The van der Waals surface area contributed by atoms with Crippen molar-refractivity contribution >= 4 is 81.9 Å². The molecule has 1 aromatic carbocycles. The van der Waals surface area contributed by atoms with Gasteiger partial charge in [0, 0.05) is 66.6 Å². The number of esters is 2. The van der Waals surface area contributed by atoms with Gasteiger partial charge < -0.3 is 67.4 Å². The molecule has 2 aliphatic carbocycles. The molecule has 27 heteroatoms. The molecule has 5 aliphatic rings. The third kappa shape index (κ3) is 15.1. The molecule has 3 aromatic rings. The monoisotopic (exact) mass is 1240 g/mol. The van der Waals surface area contributed by atoms with Crippen LogP contribution in [0.1, 0.15) is 133 Å². The van der Waals surface area contributed by atoms with Gasteiger partial charge in [-0.15, -0.1) is 11.8 Å². The predicted octanol–water partition coefficient (Wildman–Crippen LogP) is 1.37. The molecule has 12 N–H and O–H groups in total. The molecule has 26 nitrogen and oxygen atoms in total. The molecule has 476 valence electrons. The van der Waals surface area contributed by atoms with E-state index in [-0.39, 0.29) is 129 Å². The van der Waals surface area contributed by atoms with E-state index in [0.717, 1.165) is 28.3 Å². The number of aromatic nitrogens is 2. The second-order valence-corrected chi connectivity index (χ2v) is 25.0. The third-order valence-corrected chi connectivity index (χ3v) is 19.1. The molecule has 0 spiro atoms. The summed E-state index contributed by atoms with van der Waals surface area (Å²) in [7, 11) is 0. The number of hydrogen-bond donors (Lipinski definition) is 10. The molecule has 3 fully saturated rings. The van der Waals surface area contributed by atoms with Gasteiger partial charge in [0.05, 0.1) is 52.6 Å². The summed E-state index contributed by atoms with van der Waals surface area (Å²) in [5.74, 6) is -7.63. The number of primary amides is 1. The summed E-state index contributed by atoms with van der Waals surface area (Å²) in [6.07, 6.45) is 5.58. The zero-order valence-corrected chi connectivity index (χ0v) is 50.6. The Balaban J connectivity index is 0.762. The minimum absolute atomic E-state index is 0.0350. The van der Waals surface area contributed by atoms with Gasteiger partial charge >= 0.3 is 17.9 Å². The second-order valence-electron chi connectivity index (χ2n) is 23.7. The van der Waals surface area contributed by atoms with Crippen LogP contribution < -0.4 is 48.3 Å². The van der Waals surface area contributed by atoms with Gasteiger partial charge in [-0.05, 0) is 125 Å². The van der Waals surface area contributed by atoms with Crippen molar-refractivity contribution in [2.75, 3.05) is 32.0 Å². The zero-order chi connectivity index (χ0) is 63.7. The van der Waals surface area contributed by atoms with E-state index in [4.69, 9.17) is 25.9 Å². The summed E-state index contributed by atoms with van der Waals surface area (Å²) < 4.78 is 12.8. The number of rotatable bonds is 28. The van der Waals surface area contributed by atoms with Crippen LogP contribution in [-0.4, -0.2) is 144 Å². The fraction of sp³-hybridized carbons (Fsp3) is 0.574. The Morgan fingerprint density at radius 2 is 1.53 bits per heavy atom. The lowest BCUT2D eigenvalue weighted by Gasteiger charge is -2.31. The van der Waals surface area contributed by atoms with Crippen LogP contribution in [0.2, 0.25) is 0 Å². The molecule has 7 amide bonds. The fourth-order valence-electron chi connectivity index (χ4n) is 12.4. The van der Waals surface area contributed by atoms with Crippen molar-refractivity contribution in [2.24, 2.45) is 41.1 Å². The summed E-state index contributed by atoms with van der Waals surface area (Å²) in [4.78, 5) is 150. The van der Waals surface area contributed by atoms with Crippen molar-refractivity contribution in [3.63, 3.8) is 0 Å². The molecule has 5 heterocycles. The second kappa shape index (κ2) is 28.9. The number of aliphatic carboxylic acids is 1. The maximum atomic E-state index is 13.8. The average Bonchev–Trinajstić information content (AvgIpc) is 1.59. The van der Waals surface area contributed by atoms with Gasteiger partial charge in [0.2, 0.25) is 41.4 Å². The van der Waals surface area contributed by atoms with Gasteiger partial charge in [0.1, 0.15) is 30.5 Å². The lowest BCUT2D eigenvalue weighted by atomic mass is 9.80. The topological polar surface area (TPSA) is 400 Å². The highest BCUT2D eigenvalue weighted by atomic mass is 32.2. The number of carboxylic acids is 1. The summed E-state index contributed by atoms with van der Waals surface area (Å²) in [5.41, 5.74) is 12.5. The number of aryl methyl sites for hydroxylation is 1. The molecule has 88 heavy (non-hydrogen) atoms. The largest absolute Gasteiger partial charge is 0.480 e. The molecular formula is C61H80N10O16S. The number of benzene rings is 1. The first-order valence-corrected chi connectivity index (χ1v) is 31.3. The van der Waals surface area contributed by atoms with E-state index in [9.17, 15) is 68.1 Å². The number of thioether (sulfide) groups is 1. The molecule has 2 saturated carbocycles. The number of nitrogens with one attached hydrogen (secondary N) is 5. The van der Waals surface area contributed by atoms with Crippen LogP contribution in [0, 0.1) is 29.6 Å². The smallest absolute Gasteiger partial charge is 0.343 e. The lowest BCUT2D eigenvalue weighted by Crippen LogP contribution is -2.57. The highest BCUT2D eigenvalue weighted by Crippen LogP contribution is 2.42. The van der Waals surface area contributed by atoms with Gasteiger partial charge in [0.25, 0.3) is 5.56 Å². The molecule has 0 bridgehead atoms. The Hall–Kier alpha value is -7.91. The normalized spacial score (nSPS) is 22.6. The van der Waals surface area contributed by atoms with Gasteiger partial charge in [-0.3, -0.25) is 48.1 Å². The minimum Gasteiger partial charge on any atom is -0.480 e. The highest BCUT2D eigenvalue weighted by molar-refractivity contribution is 8.00. The van der Waals surface area contributed by atoms with Crippen LogP contribution >= 0.6 is 11.8 Å². The number of nitrogens with zero attached hydrogens (tertiary/aromatic N) is 3. The first-order chi connectivity index (χ1) is 41.9. The first-order valence-electron chi connectivity index (χ1n) is 30.2. The Morgan fingerprint density at radius 1 is 0.864 bits per heavy atom. The van der Waals surface area contributed by atoms with Crippen molar-refractivity contribution in [1.82, 2.24) is 41.0 Å². The molecule has 5 unspecified atom stereocenters. The third-order valence-electron chi connectivity index (χ3n) is 17.8. The molecule has 6 atom stereocenters. The van der Waals surface area contributed by atoms with Gasteiger partial charge in [-0.25, -0.2) is 14.6 Å². The number of aliphatic hydroxyl groups is 2. The number of pyridine rings is 2. The van der Waals surface area contributed by atoms with Crippen LogP contribution in [0.3, 0.4) is 0 Å². The van der Waals surface area contributed by atoms with E-state index in [0.29, 0.717) is 87.0 Å². The molecule has 2 aromatic heterocycles. The quantitative estimate of drug-likeness (QED) is 0.0166. The van der Waals surface area contributed by atoms with Gasteiger partial charge in [0.15, 0.2) is 5.60 Å². The van der Waals surface area contributed by atoms with Crippen molar-refractivity contribution in [2.45, 2.75) is 159 Å². The highest BCUT2D eigenvalue weighted by Gasteiger charge is 2.46. The Labute approximate surface area is 512 Å². The summed E-state index contributed by atoms with van der Waals surface area (Å²) in [6.45, 7) is 8.72. The number of cyclic esters (lactones) is 1. The van der Waals surface area contributed by atoms with E-state index in [1.54, 1.807) is 35.8 Å². The number of likely N-dealkylation sites (tertiary alicyclic amines) is 1. The van der Waals surface area contributed by atoms with Gasteiger partial charge in [-0.2, -0.15) is 0 Å². The molecular weight excluding hydrogens is 1160 g/mol. The van der Waals surface area contributed by atoms with Crippen molar-refractivity contribution in [3.05, 3.63) is 69.3 Å². The summed E-state index contributed by atoms with van der Waals surface area (Å²) in [6, 6.07) is 2.56. The summed E-state index contributed by atoms with van der Waals surface area (Å²) >= 11 is 0.907. The van der Waals surface area contributed by atoms with Gasteiger partial charge in [-0.1, -0.05) is 27.4 Å². The lowest BCUT2D eigenvalue weighted by molar-refractivity contribution is -0.172. The Kier molecular flexibility index (Phi) is 21.7. The van der Waals surface area contributed by atoms with E-state index < -0.39 is 88.9 Å². The van der Waals surface area contributed by atoms with E-state index in [1.165, 1.54) is 11.8 Å². The van der Waals surface area contributed by atoms with Crippen molar-refractivity contribution in [1.29, 1.82) is 0 Å². The minimum atomic E-state index is -1.94. The molecule has 3 aliphatic heterocycles. The number of aliphatic hydroxyl groups excluding tert-OH is 1. The zero-order valence-electron chi connectivity index (χ0n) is 49.8. The number of ether oxygens (including phenoxy) is 2. The number of carboxylic acid groups (broad SMARTS) is 1. The standard InChI is InChI=1S/C61H80N10O16S/c1-5-38-39-22-37(18-19-43(39)66-51-40(38)27-70-47(51)23-42-41(56(70)79)29-86-60(84)61(42,85)6-2)87-59(83)36-16-10-33(11-17-36)25-65-53(76)35-14-12-34(13-15-35)26-71-50(74)24-48(57(71)80)88-30-46(58(81)82)69-54(77)44(8-7-21-64-32(4)62)67-55(78)45(28-72)68-52(75)31(3)9-20-49(63)73/h18-19,22-23,31,33-36,44-46,48,64,72,85H,4-17,20-21,24-30,62H2,1-3H3,(H2,63,73)(H,65,76)(H,67,78)(H,68,75)(H,69,77)(H,81,82)/t31?,33?,34?,35?,36?,44?,45?,46?,48?,61-/m0/s1. The van der Waals surface area contributed by atoms with Crippen LogP contribution in [-0.2, 0) is 77.9 Å². The predicted molar refractivity (Wildman–Crippen MR) is 320 cm³/mol. The van der Waals surface area contributed by atoms with Crippen LogP contribution in [0.15, 0.2) is 41.5 Å². The number of fused-ring (bicyclic) bond motifs is 5. The fourth-order valence-corrected chi connectivity index (χ4v) is 13.6. The molecule has 0 radical (unpaired) electrons. The first kappa shape index (κ1) is 66.1. The number of imide groups is 1. The molecule has 1 saturated heterocycles. The number of hydrogen-bond acceptors (Lipinski definition) is 19. The average molecular weight is 1240 g/mol. The number of amides is 7. The number of carbonyl (C=O) groups is 10. The van der Waals surface area contributed by atoms with Crippen LogP contribution in [0.25, 0.3) is 22.3 Å². The Bertz CT molecular complexity index is 3300.